The summed E-state index contributed by atoms with van der Waals surface area (Å²) in [6.07, 6.45) is -0.0581. The molecular formula is C10H15Cl2NO. The Labute approximate surface area is 95.8 Å². The molecule has 4 heteroatoms. The zero-order chi connectivity index (χ0) is 9.84. The third-order valence-electron chi connectivity index (χ3n) is 1.93. The third-order valence-corrected chi connectivity index (χ3v) is 2.18. The second-order valence-corrected chi connectivity index (χ2v) is 3.50. The first-order valence-corrected chi connectivity index (χ1v) is 4.56. The molecule has 2 unspecified atom stereocenters. The highest BCUT2D eigenvalue weighted by Gasteiger charge is 2.14. The van der Waals surface area contributed by atoms with Crippen LogP contribution < -0.4 is 5.73 Å². The fourth-order valence-corrected chi connectivity index (χ4v) is 1.43. The standard InChI is InChI=1S/C10H14ClNO.ClH/c1-7(12)10(13-2)8-3-5-9(11)6-4-8;/h3-7,10H,12H2,1-2H3;1H. The van der Waals surface area contributed by atoms with Crippen LogP contribution in [-0.2, 0) is 4.74 Å². The lowest BCUT2D eigenvalue weighted by molar-refractivity contribution is 0.0854. The topological polar surface area (TPSA) is 35.2 Å². The van der Waals surface area contributed by atoms with Gasteiger partial charge in [0, 0.05) is 18.2 Å². The SMILES string of the molecule is COC(c1ccc(Cl)cc1)C(C)N.Cl. The van der Waals surface area contributed by atoms with Crippen molar-refractivity contribution in [3.8, 4) is 0 Å². The van der Waals surface area contributed by atoms with E-state index >= 15 is 0 Å². The lowest BCUT2D eigenvalue weighted by Gasteiger charge is -2.19. The van der Waals surface area contributed by atoms with Crippen molar-refractivity contribution in [2.45, 2.75) is 19.1 Å². The highest BCUT2D eigenvalue weighted by Crippen LogP contribution is 2.21. The number of nitrogens with two attached hydrogens (primary N) is 1. The smallest absolute Gasteiger partial charge is 0.0969 e. The maximum atomic E-state index is 5.77. The van der Waals surface area contributed by atoms with E-state index in [4.69, 9.17) is 22.1 Å². The Balaban J connectivity index is 0.00000169. The summed E-state index contributed by atoms with van der Waals surface area (Å²) in [6, 6.07) is 7.52. The lowest BCUT2D eigenvalue weighted by atomic mass is 10.0. The summed E-state index contributed by atoms with van der Waals surface area (Å²) in [5.74, 6) is 0. The van der Waals surface area contributed by atoms with E-state index in [1.165, 1.54) is 0 Å². The second kappa shape index (κ2) is 6.25. The molecule has 1 aromatic carbocycles. The number of hydrogen-bond acceptors (Lipinski definition) is 2. The molecule has 1 rings (SSSR count). The van der Waals surface area contributed by atoms with Gasteiger partial charge in [-0.2, -0.15) is 0 Å². The van der Waals surface area contributed by atoms with Crippen molar-refractivity contribution in [3.63, 3.8) is 0 Å². The molecule has 2 nitrogen and oxygen atoms in total. The van der Waals surface area contributed by atoms with Crippen molar-refractivity contribution < 1.29 is 4.74 Å². The highest BCUT2D eigenvalue weighted by molar-refractivity contribution is 6.30. The van der Waals surface area contributed by atoms with Crippen LogP contribution in [0.5, 0.6) is 0 Å². The van der Waals surface area contributed by atoms with Gasteiger partial charge in [0.15, 0.2) is 0 Å². The minimum atomic E-state index is -0.0581. The van der Waals surface area contributed by atoms with Gasteiger partial charge in [0.25, 0.3) is 0 Å². The van der Waals surface area contributed by atoms with Gasteiger partial charge < -0.3 is 10.5 Å². The summed E-state index contributed by atoms with van der Waals surface area (Å²) in [4.78, 5) is 0. The van der Waals surface area contributed by atoms with Gasteiger partial charge >= 0.3 is 0 Å². The molecule has 0 heterocycles. The third kappa shape index (κ3) is 3.46. The molecule has 0 amide bonds. The van der Waals surface area contributed by atoms with E-state index in [2.05, 4.69) is 0 Å². The number of rotatable bonds is 3. The first-order chi connectivity index (χ1) is 6.15. The minimum absolute atomic E-state index is 0. The van der Waals surface area contributed by atoms with Gasteiger partial charge in [-0.3, -0.25) is 0 Å². The molecule has 0 fully saturated rings. The highest BCUT2D eigenvalue weighted by atomic mass is 35.5. The maximum Gasteiger partial charge on any atom is 0.0969 e. The van der Waals surface area contributed by atoms with Crippen LogP contribution >= 0.6 is 24.0 Å². The zero-order valence-electron chi connectivity index (χ0n) is 8.24. The second-order valence-electron chi connectivity index (χ2n) is 3.07. The van der Waals surface area contributed by atoms with Crippen LogP contribution in [-0.4, -0.2) is 13.2 Å². The summed E-state index contributed by atoms with van der Waals surface area (Å²) in [7, 11) is 1.66. The predicted octanol–water partition coefficient (Wildman–Crippen LogP) is 2.80. The summed E-state index contributed by atoms with van der Waals surface area (Å²) in [5, 5.41) is 0.725. The number of hydrogen-bond donors (Lipinski definition) is 1. The van der Waals surface area contributed by atoms with Crippen molar-refractivity contribution >= 4 is 24.0 Å². The van der Waals surface area contributed by atoms with E-state index in [1.807, 2.05) is 31.2 Å². The molecule has 0 radical (unpaired) electrons. The van der Waals surface area contributed by atoms with Crippen LogP contribution in [0.2, 0.25) is 5.02 Å². The molecule has 0 bridgehead atoms. The Hall–Kier alpha value is -0.280. The van der Waals surface area contributed by atoms with Gasteiger partial charge in [-0.25, -0.2) is 0 Å². The Bertz CT molecular complexity index is 261. The normalized spacial score (nSPS) is 14.3. The Morgan fingerprint density at radius 2 is 1.79 bits per heavy atom. The van der Waals surface area contributed by atoms with Crippen molar-refractivity contribution in [3.05, 3.63) is 34.9 Å². The fraction of sp³-hybridized carbons (Fsp3) is 0.400. The Morgan fingerprint density at radius 1 is 1.29 bits per heavy atom. The zero-order valence-corrected chi connectivity index (χ0v) is 9.81. The van der Waals surface area contributed by atoms with Gasteiger partial charge in [0.2, 0.25) is 0 Å². The van der Waals surface area contributed by atoms with Gasteiger partial charge in [-0.1, -0.05) is 23.7 Å². The molecule has 0 aliphatic heterocycles. The number of methoxy groups -OCH3 is 1. The molecule has 0 saturated heterocycles. The minimum Gasteiger partial charge on any atom is -0.375 e. The molecule has 80 valence electrons. The lowest BCUT2D eigenvalue weighted by Crippen LogP contribution is -2.25. The van der Waals surface area contributed by atoms with E-state index in [-0.39, 0.29) is 24.6 Å². The number of benzene rings is 1. The molecule has 1 aromatic rings. The van der Waals surface area contributed by atoms with Crippen molar-refractivity contribution in [2.24, 2.45) is 5.73 Å². The van der Waals surface area contributed by atoms with E-state index in [0.29, 0.717) is 0 Å². The van der Waals surface area contributed by atoms with Crippen molar-refractivity contribution in [2.75, 3.05) is 7.11 Å². The van der Waals surface area contributed by atoms with Crippen molar-refractivity contribution in [1.29, 1.82) is 0 Å². The first-order valence-electron chi connectivity index (χ1n) is 4.19. The van der Waals surface area contributed by atoms with Gasteiger partial charge in [0.1, 0.15) is 0 Å². The largest absolute Gasteiger partial charge is 0.375 e. The Kier molecular flexibility index (Phi) is 6.12. The summed E-state index contributed by atoms with van der Waals surface area (Å²) >= 11 is 5.77. The first kappa shape index (κ1) is 13.7. The average molecular weight is 236 g/mol. The molecular weight excluding hydrogens is 221 g/mol. The van der Waals surface area contributed by atoms with E-state index in [1.54, 1.807) is 7.11 Å². The number of halogens is 2. The summed E-state index contributed by atoms with van der Waals surface area (Å²) in [5.41, 5.74) is 6.82. The maximum absolute atomic E-state index is 5.77. The molecule has 14 heavy (non-hydrogen) atoms. The monoisotopic (exact) mass is 235 g/mol. The number of ether oxygens (including phenoxy) is 1. The van der Waals surface area contributed by atoms with Crippen LogP contribution in [0.15, 0.2) is 24.3 Å². The van der Waals surface area contributed by atoms with E-state index in [9.17, 15) is 0 Å². The quantitative estimate of drug-likeness (QED) is 0.875. The van der Waals surface area contributed by atoms with Gasteiger partial charge in [-0.05, 0) is 24.6 Å². The van der Waals surface area contributed by atoms with Crippen LogP contribution in [0.1, 0.15) is 18.6 Å². The van der Waals surface area contributed by atoms with Gasteiger partial charge in [-0.15, -0.1) is 12.4 Å². The van der Waals surface area contributed by atoms with Crippen LogP contribution in [0, 0.1) is 0 Å². The molecule has 0 aromatic heterocycles. The summed E-state index contributed by atoms with van der Waals surface area (Å²) in [6.45, 7) is 1.92. The predicted molar refractivity (Wildman–Crippen MR) is 62.1 cm³/mol. The van der Waals surface area contributed by atoms with E-state index < -0.39 is 0 Å². The van der Waals surface area contributed by atoms with E-state index in [0.717, 1.165) is 10.6 Å². The van der Waals surface area contributed by atoms with Gasteiger partial charge in [0.05, 0.1) is 6.10 Å². The summed E-state index contributed by atoms with van der Waals surface area (Å²) < 4.78 is 5.27. The molecule has 0 aliphatic carbocycles. The van der Waals surface area contributed by atoms with Crippen LogP contribution in [0.25, 0.3) is 0 Å². The molecule has 2 atom stereocenters. The Morgan fingerprint density at radius 3 is 2.14 bits per heavy atom. The van der Waals surface area contributed by atoms with Crippen molar-refractivity contribution in [1.82, 2.24) is 0 Å². The molecule has 2 N–H and O–H groups in total. The fourth-order valence-electron chi connectivity index (χ4n) is 1.31. The molecule has 0 saturated carbocycles. The van der Waals surface area contributed by atoms with Crippen LogP contribution in [0.4, 0.5) is 0 Å². The average Bonchev–Trinajstić information content (AvgIpc) is 2.09. The molecule has 0 aliphatic rings. The molecule has 0 spiro atoms. The van der Waals surface area contributed by atoms with Crippen LogP contribution in [0.3, 0.4) is 0 Å².